The van der Waals surface area contributed by atoms with Crippen molar-refractivity contribution < 1.29 is 13.6 Å². The van der Waals surface area contributed by atoms with E-state index in [-0.39, 0.29) is 23.0 Å². The third-order valence-corrected chi connectivity index (χ3v) is 3.60. The average Bonchev–Trinajstić information content (AvgIpc) is 2.84. The lowest BCUT2D eigenvalue weighted by Crippen LogP contribution is -2.15. The van der Waals surface area contributed by atoms with Crippen LogP contribution >= 0.6 is 11.6 Å². The Morgan fingerprint density at radius 1 is 1.27 bits per heavy atom. The summed E-state index contributed by atoms with van der Waals surface area (Å²) in [5, 5.41) is 3.71. The molecule has 0 aliphatic carbocycles. The molecule has 0 aliphatic heterocycles. The first-order valence-corrected chi connectivity index (χ1v) is 7.12. The summed E-state index contributed by atoms with van der Waals surface area (Å²) in [6.07, 6.45) is 1.67. The van der Waals surface area contributed by atoms with Crippen LogP contribution in [0.25, 0.3) is 11.0 Å². The minimum atomic E-state index is -0.562. The summed E-state index contributed by atoms with van der Waals surface area (Å²) in [6.45, 7) is 1.97. The molecule has 0 fully saturated rings. The Labute approximate surface area is 131 Å². The van der Waals surface area contributed by atoms with E-state index in [1.54, 1.807) is 6.26 Å². The summed E-state index contributed by atoms with van der Waals surface area (Å²) in [7, 11) is 0. The number of furan rings is 1. The molecule has 0 radical (unpaired) electrons. The molecule has 0 spiro atoms. The maximum Gasteiger partial charge on any atom is 0.229 e. The van der Waals surface area contributed by atoms with Crippen LogP contribution in [0.1, 0.15) is 11.1 Å². The highest BCUT2D eigenvalue weighted by Gasteiger charge is 2.12. The number of hydrogen-bond acceptors (Lipinski definition) is 2. The van der Waals surface area contributed by atoms with Gasteiger partial charge in [0.1, 0.15) is 11.4 Å². The van der Waals surface area contributed by atoms with Crippen LogP contribution in [0, 0.1) is 12.7 Å². The van der Waals surface area contributed by atoms with Crippen molar-refractivity contribution in [3.63, 3.8) is 0 Å². The topological polar surface area (TPSA) is 42.2 Å². The molecule has 0 unspecified atom stereocenters. The number of amides is 1. The van der Waals surface area contributed by atoms with Crippen LogP contribution in [0.5, 0.6) is 0 Å². The molecule has 3 rings (SSSR count). The van der Waals surface area contributed by atoms with Gasteiger partial charge in [-0.2, -0.15) is 0 Å². The number of carbonyl (C=O) groups excluding carboxylic acids is 1. The van der Waals surface area contributed by atoms with Crippen LogP contribution in [0.4, 0.5) is 10.1 Å². The number of benzene rings is 2. The van der Waals surface area contributed by atoms with Gasteiger partial charge in [0.05, 0.1) is 18.4 Å². The van der Waals surface area contributed by atoms with E-state index in [0.717, 1.165) is 28.2 Å². The third kappa shape index (κ3) is 2.97. The molecule has 3 aromatic rings. The fraction of sp³-hybridized carbons (Fsp3) is 0.118. The Kier molecular flexibility index (Phi) is 3.86. The highest BCUT2D eigenvalue weighted by Crippen LogP contribution is 2.24. The highest BCUT2D eigenvalue weighted by molar-refractivity contribution is 6.30. The fourth-order valence-electron chi connectivity index (χ4n) is 2.29. The summed E-state index contributed by atoms with van der Waals surface area (Å²) < 4.78 is 19.1. The predicted molar refractivity (Wildman–Crippen MR) is 84.7 cm³/mol. The first-order chi connectivity index (χ1) is 10.5. The second-order valence-corrected chi connectivity index (χ2v) is 5.55. The van der Waals surface area contributed by atoms with Crippen molar-refractivity contribution in [1.29, 1.82) is 0 Å². The molecular weight excluding hydrogens is 305 g/mol. The van der Waals surface area contributed by atoms with E-state index < -0.39 is 5.82 Å². The first-order valence-electron chi connectivity index (χ1n) is 6.74. The lowest BCUT2D eigenvalue weighted by molar-refractivity contribution is -0.115. The molecule has 1 aromatic heterocycles. The molecule has 0 saturated heterocycles. The van der Waals surface area contributed by atoms with E-state index in [0.29, 0.717) is 0 Å². The molecule has 0 aliphatic rings. The normalized spacial score (nSPS) is 10.9. The Hall–Kier alpha value is -2.33. The predicted octanol–water partition coefficient (Wildman–Crippen LogP) is 4.71. The van der Waals surface area contributed by atoms with E-state index in [9.17, 15) is 9.18 Å². The van der Waals surface area contributed by atoms with Crippen molar-refractivity contribution >= 4 is 34.2 Å². The Morgan fingerprint density at radius 2 is 2.09 bits per heavy atom. The van der Waals surface area contributed by atoms with Gasteiger partial charge >= 0.3 is 0 Å². The van der Waals surface area contributed by atoms with E-state index in [1.165, 1.54) is 12.1 Å². The smallest absolute Gasteiger partial charge is 0.229 e. The molecule has 0 bridgehead atoms. The van der Waals surface area contributed by atoms with Gasteiger partial charge in [-0.3, -0.25) is 4.79 Å². The zero-order valence-electron chi connectivity index (χ0n) is 11.8. The van der Waals surface area contributed by atoms with Gasteiger partial charge in [0.2, 0.25) is 5.91 Å². The lowest BCUT2D eigenvalue weighted by atomic mass is 10.1. The van der Waals surface area contributed by atoms with Gasteiger partial charge in [0, 0.05) is 16.0 Å². The summed E-state index contributed by atoms with van der Waals surface area (Å²) in [5.74, 6) is -0.877. The average molecular weight is 318 g/mol. The molecule has 1 N–H and O–H groups in total. The number of carbonyl (C=O) groups is 1. The van der Waals surface area contributed by atoms with E-state index in [1.807, 2.05) is 25.1 Å². The minimum Gasteiger partial charge on any atom is -0.464 e. The number of hydrogen-bond donors (Lipinski definition) is 1. The molecule has 0 atom stereocenters. The molecule has 0 saturated carbocycles. The van der Waals surface area contributed by atoms with Crippen LogP contribution in [0.3, 0.4) is 0 Å². The number of nitrogens with one attached hydrogen (secondary N) is 1. The van der Waals surface area contributed by atoms with Gasteiger partial charge in [0.25, 0.3) is 0 Å². The second kappa shape index (κ2) is 5.81. The maximum atomic E-state index is 13.7. The second-order valence-electron chi connectivity index (χ2n) is 5.11. The summed E-state index contributed by atoms with van der Waals surface area (Å²) in [5.41, 5.74) is 2.70. The van der Waals surface area contributed by atoms with Crippen LogP contribution < -0.4 is 5.32 Å². The number of rotatable bonds is 3. The zero-order valence-corrected chi connectivity index (χ0v) is 12.6. The van der Waals surface area contributed by atoms with Gasteiger partial charge in [-0.1, -0.05) is 23.7 Å². The first kappa shape index (κ1) is 14.6. The van der Waals surface area contributed by atoms with E-state index in [2.05, 4.69) is 5.32 Å². The molecule has 5 heteroatoms. The van der Waals surface area contributed by atoms with Crippen molar-refractivity contribution in [3.8, 4) is 0 Å². The van der Waals surface area contributed by atoms with Crippen LogP contribution in [0.15, 0.2) is 47.1 Å². The van der Waals surface area contributed by atoms with Crippen molar-refractivity contribution in [1.82, 2.24) is 0 Å². The molecule has 2 aromatic carbocycles. The quantitative estimate of drug-likeness (QED) is 0.759. The summed E-state index contributed by atoms with van der Waals surface area (Å²) >= 11 is 5.68. The Morgan fingerprint density at radius 3 is 2.86 bits per heavy atom. The molecule has 1 heterocycles. The Balaban J connectivity index is 1.78. The van der Waals surface area contributed by atoms with Crippen molar-refractivity contribution in [2.75, 3.05) is 5.32 Å². The fourth-order valence-corrected chi connectivity index (χ4v) is 2.44. The number of anilines is 1. The molecule has 3 nitrogen and oxygen atoms in total. The van der Waals surface area contributed by atoms with Crippen LogP contribution in [-0.4, -0.2) is 5.91 Å². The number of fused-ring (bicyclic) bond motifs is 1. The molecule has 112 valence electrons. The SMILES string of the molecule is Cc1ccc2c(CC(=O)Nc3ccc(Cl)cc3F)coc2c1. The number of halogens is 2. The van der Waals surface area contributed by atoms with Gasteiger partial charge in [0.15, 0.2) is 0 Å². The highest BCUT2D eigenvalue weighted by atomic mass is 35.5. The number of aryl methyl sites for hydroxylation is 1. The van der Waals surface area contributed by atoms with E-state index in [4.69, 9.17) is 16.0 Å². The Bertz CT molecular complexity index is 857. The van der Waals surface area contributed by atoms with E-state index >= 15 is 0 Å². The van der Waals surface area contributed by atoms with Crippen LogP contribution in [0.2, 0.25) is 5.02 Å². The molecule has 22 heavy (non-hydrogen) atoms. The van der Waals surface area contributed by atoms with Gasteiger partial charge < -0.3 is 9.73 Å². The van der Waals surface area contributed by atoms with Crippen LogP contribution in [-0.2, 0) is 11.2 Å². The standard InChI is InChI=1S/C17H13ClFNO2/c1-10-2-4-13-11(9-22-16(13)6-10)7-17(21)20-15-5-3-12(18)8-14(15)19/h2-6,8-9H,7H2,1H3,(H,20,21). The van der Waals surface area contributed by atoms with Crippen molar-refractivity contribution in [2.45, 2.75) is 13.3 Å². The zero-order chi connectivity index (χ0) is 15.7. The van der Waals surface area contributed by atoms with Gasteiger partial charge in [-0.25, -0.2) is 4.39 Å². The molecule has 1 amide bonds. The third-order valence-electron chi connectivity index (χ3n) is 3.37. The monoisotopic (exact) mass is 317 g/mol. The van der Waals surface area contributed by atoms with Crippen molar-refractivity contribution in [3.05, 3.63) is 64.6 Å². The summed E-state index contributed by atoms with van der Waals surface area (Å²) in [6, 6.07) is 9.91. The minimum absolute atomic E-state index is 0.109. The maximum absolute atomic E-state index is 13.7. The van der Waals surface area contributed by atoms with Gasteiger partial charge in [-0.15, -0.1) is 0 Å². The van der Waals surface area contributed by atoms with Gasteiger partial charge in [-0.05, 0) is 36.8 Å². The largest absolute Gasteiger partial charge is 0.464 e. The lowest BCUT2D eigenvalue weighted by Gasteiger charge is -2.06. The molecular formula is C17H13ClFNO2. The summed E-state index contributed by atoms with van der Waals surface area (Å²) in [4.78, 5) is 12.1. The van der Waals surface area contributed by atoms with Crippen molar-refractivity contribution in [2.24, 2.45) is 0 Å².